The summed E-state index contributed by atoms with van der Waals surface area (Å²) < 4.78 is 5.22. The van der Waals surface area contributed by atoms with Crippen molar-refractivity contribution in [2.24, 2.45) is 0 Å². The summed E-state index contributed by atoms with van der Waals surface area (Å²) in [7, 11) is 1.59. The van der Waals surface area contributed by atoms with Crippen LogP contribution in [0.2, 0.25) is 15.2 Å². The Morgan fingerprint density at radius 3 is 2.56 bits per heavy atom. The van der Waals surface area contributed by atoms with Crippen molar-refractivity contribution in [1.82, 2.24) is 4.98 Å². The van der Waals surface area contributed by atoms with Crippen molar-refractivity contribution in [1.29, 1.82) is 0 Å². The van der Waals surface area contributed by atoms with Crippen LogP contribution >= 0.6 is 34.8 Å². The number of aromatic nitrogens is 1. The normalized spacial score (nSPS) is 10.2. The highest BCUT2D eigenvalue weighted by atomic mass is 35.5. The molecule has 1 aromatic heterocycles. The number of ether oxygens (including phenoxy) is 1. The molecule has 0 atom stereocenters. The van der Waals surface area contributed by atoms with Crippen LogP contribution in [0.3, 0.4) is 0 Å². The summed E-state index contributed by atoms with van der Waals surface area (Å²) >= 11 is 17.7. The Morgan fingerprint density at radius 1 is 1.11 bits per heavy atom. The molecule has 0 saturated heterocycles. The van der Waals surface area contributed by atoms with Gasteiger partial charge in [-0.05, 0) is 18.2 Å². The van der Waals surface area contributed by atoms with Crippen LogP contribution in [0.15, 0.2) is 30.3 Å². The second-order valence-electron chi connectivity index (χ2n) is 3.42. The minimum Gasteiger partial charge on any atom is -0.495 e. The van der Waals surface area contributed by atoms with Gasteiger partial charge in [-0.3, -0.25) is 0 Å². The number of halogens is 3. The molecule has 0 aliphatic rings. The van der Waals surface area contributed by atoms with Gasteiger partial charge in [0, 0.05) is 0 Å². The molecule has 0 spiro atoms. The number of nitrogens with one attached hydrogen (secondary N) is 1. The van der Waals surface area contributed by atoms with Crippen molar-refractivity contribution in [2.75, 3.05) is 12.4 Å². The van der Waals surface area contributed by atoms with Crippen LogP contribution < -0.4 is 10.1 Å². The molecule has 1 aromatic carbocycles. The number of rotatable bonds is 3. The highest BCUT2D eigenvalue weighted by Gasteiger charge is 2.10. The lowest BCUT2D eigenvalue weighted by atomic mass is 10.3. The molecule has 0 aliphatic carbocycles. The van der Waals surface area contributed by atoms with E-state index in [1.54, 1.807) is 7.11 Å². The zero-order valence-electron chi connectivity index (χ0n) is 9.38. The van der Waals surface area contributed by atoms with Gasteiger partial charge in [0.2, 0.25) is 0 Å². The van der Waals surface area contributed by atoms with Crippen molar-refractivity contribution in [2.45, 2.75) is 0 Å². The van der Waals surface area contributed by atoms with Crippen molar-refractivity contribution in [3.63, 3.8) is 0 Å². The van der Waals surface area contributed by atoms with Crippen LogP contribution in [0.25, 0.3) is 0 Å². The second kappa shape index (κ2) is 5.65. The lowest BCUT2D eigenvalue weighted by Gasteiger charge is -2.11. The maximum absolute atomic E-state index is 6.04. The highest BCUT2D eigenvalue weighted by Crippen LogP contribution is 2.33. The first-order valence-corrected chi connectivity index (χ1v) is 6.17. The quantitative estimate of drug-likeness (QED) is 0.827. The van der Waals surface area contributed by atoms with Crippen LogP contribution in [-0.2, 0) is 0 Å². The summed E-state index contributed by atoms with van der Waals surface area (Å²) in [5, 5.41) is 3.94. The summed E-state index contributed by atoms with van der Waals surface area (Å²) in [4.78, 5) is 4.08. The van der Waals surface area contributed by atoms with Gasteiger partial charge in [0.1, 0.15) is 10.9 Å². The van der Waals surface area contributed by atoms with Gasteiger partial charge in [-0.25, -0.2) is 4.98 Å². The minimum absolute atomic E-state index is 0.193. The predicted octanol–water partition coefficient (Wildman–Crippen LogP) is 4.79. The molecular formula is C12H9Cl3N2O. The lowest BCUT2D eigenvalue weighted by Crippen LogP contribution is -1.97. The van der Waals surface area contributed by atoms with Crippen LogP contribution in [0.4, 0.5) is 11.5 Å². The molecule has 0 radical (unpaired) electrons. The molecule has 6 heteroatoms. The second-order valence-corrected chi connectivity index (χ2v) is 4.59. The molecule has 0 unspecified atom stereocenters. The third-order valence-corrected chi connectivity index (χ3v) is 3.21. The van der Waals surface area contributed by atoms with E-state index in [9.17, 15) is 0 Å². The topological polar surface area (TPSA) is 34.1 Å². The first-order chi connectivity index (χ1) is 8.61. The third kappa shape index (κ3) is 2.80. The van der Waals surface area contributed by atoms with Crippen molar-refractivity contribution >= 4 is 46.3 Å². The Balaban J connectivity index is 2.37. The lowest BCUT2D eigenvalue weighted by molar-refractivity contribution is 0.417. The number of nitrogens with zero attached hydrogens (tertiary/aromatic N) is 1. The Kier molecular flexibility index (Phi) is 4.17. The van der Waals surface area contributed by atoms with E-state index in [4.69, 9.17) is 39.5 Å². The van der Waals surface area contributed by atoms with E-state index in [0.29, 0.717) is 21.6 Å². The molecule has 94 valence electrons. The Bertz CT molecular complexity index is 575. The monoisotopic (exact) mass is 302 g/mol. The van der Waals surface area contributed by atoms with Gasteiger partial charge in [-0.1, -0.05) is 46.9 Å². The van der Waals surface area contributed by atoms with Gasteiger partial charge in [0.25, 0.3) is 0 Å². The predicted molar refractivity (Wildman–Crippen MR) is 75.5 cm³/mol. The van der Waals surface area contributed by atoms with Gasteiger partial charge in [-0.2, -0.15) is 0 Å². The van der Waals surface area contributed by atoms with Gasteiger partial charge in [0.05, 0.1) is 22.8 Å². The average molecular weight is 304 g/mol. The molecule has 0 aliphatic heterocycles. The number of anilines is 2. The SMILES string of the molecule is COc1ccccc1Nc1nc(Cl)c(Cl)cc1Cl. The number of methoxy groups -OCH3 is 1. The average Bonchev–Trinajstić information content (AvgIpc) is 2.36. The summed E-state index contributed by atoms with van der Waals surface area (Å²) in [5.41, 5.74) is 0.743. The molecule has 2 rings (SSSR count). The van der Waals surface area contributed by atoms with E-state index < -0.39 is 0 Å². The van der Waals surface area contributed by atoms with Crippen LogP contribution in [-0.4, -0.2) is 12.1 Å². The van der Waals surface area contributed by atoms with E-state index in [2.05, 4.69) is 10.3 Å². The van der Waals surface area contributed by atoms with E-state index in [0.717, 1.165) is 5.69 Å². The summed E-state index contributed by atoms with van der Waals surface area (Å²) in [5.74, 6) is 1.11. The van der Waals surface area contributed by atoms with E-state index >= 15 is 0 Å². The molecule has 2 aromatic rings. The summed E-state index contributed by atoms with van der Waals surface area (Å²) in [6.07, 6.45) is 0. The standard InChI is InChI=1S/C12H9Cl3N2O/c1-18-10-5-3-2-4-9(10)16-12-8(14)6-7(13)11(15)17-12/h2-6H,1H3,(H,16,17). The first kappa shape index (κ1) is 13.3. The zero-order chi connectivity index (χ0) is 13.1. The fraction of sp³-hybridized carbons (Fsp3) is 0.0833. The van der Waals surface area contributed by atoms with Gasteiger partial charge in [-0.15, -0.1) is 0 Å². The van der Waals surface area contributed by atoms with Crippen molar-refractivity contribution in [3.8, 4) is 5.75 Å². The first-order valence-electron chi connectivity index (χ1n) is 5.03. The summed E-state index contributed by atoms with van der Waals surface area (Å²) in [6.45, 7) is 0. The fourth-order valence-corrected chi connectivity index (χ4v) is 1.95. The Labute approximate surface area is 120 Å². The molecular weight excluding hydrogens is 295 g/mol. The van der Waals surface area contributed by atoms with Crippen LogP contribution in [0.1, 0.15) is 0 Å². The van der Waals surface area contributed by atoms with Gasteiger partial charge >= 0.3 is 0 Å². The molecule has 3 nitrogen and oxygen atoms in total. The van der Waals surface area contributed by atoms with Crippen molar-refractivity contribution in [3.05, 3.63) is 45.5 Å². The third-order valence-electron chi connectivity index (χ3n) is 2.25. The van der Waals surface area contributed by atoms with Crippen LogP contribution in [0, 0.1) is 0 Å². The minimum atomic E-state index is 0.193. The maximum Gasteiger partial charge on any atom is 0.151 e. The number of hydrogen-bond acceptors (Lipinski definition) is 3. The number of benzene rings is 1. The molecule has 0 saturated carbocycles. The number of para-hydroxylation sites is 2. The molecule has 0 amide bonds. The van der Waals surface area contributed by atoms with E-state index in [-0.39, 0.29) is 5.15 Å². The fourth-order valence-electron chi connectivity index (χ4n) is 1.41. The molecule has 1 N–H and O–H groups in total. The Hall–Kier alpha value is -1.16. The van der Waals surface area contributed by atoms with Crippen molar-refractivity contribution < 1.29 is 4.74 Å². The van der Waals surface area contributed by atoms with Gasteiger partial charge < -0.3 is 10.1 Å². The molecule has 0 fully saturated rings. The summed E-state index contributed by atoms with van der Waals surface area (Å²) in [6, 6.07) is 8.95. The van der Waals surface area contributed by atoms with E-state index in [1.807, 2.05) is 24.3 Å². The molecule has 0 bridgehead atoms. The Morgan fingerprint density at radius 2 is 1.83 bits per heavy atom. The van der Waals surface area contributed by atoms with E-state index in [1.165, 1.54) is 6.07 Å². The highest BCUT2D eigenvalue weighted by molar-refractivity contribution is 6.43. The van der Waals surface area contributed by atoms with Crippen LogP contribution in [0.5, 0.6) is 5.75 Å². The zero-order valence-corrected chi connectivity index (χ0v) is 11.6. The number of hydrogen-bond donors (Lipinski definition) is 1. The maximum atomic E-state index is 6.04. The number of pyridine rings is 1. The molecule has 18 heavy (non-hydrogen) atoms. The largest absolute Gasteiger partial charge is 0.495 e. The smallest absolute Gasteiger partial charge is 0.151 e. The molecule has 1 heterocycles. The van der Waals surface area contributed by atoms with Gasteiger partial charge in [0.15, 0.2) is 5.82 Å².